The fourth-order valence-electron chi connectivity index (χ4n) is 2.47. The quantitative estimate of drug-likeness (QED) is 0.920. The average molecular weight is 292 g/mol. The maximum absolute atomic E-state index is 5.63. The molecule has 0 bridgehead atoms. The summed E-state index contributed by atoms with van der Waals surface area (Å²) in [5.41, 5.74) is 2.17. The van der Waals surface area contributed by atoms with Crippen LogP contribution in [-0.4, -0.2) is 27.5 Å². The Hall–Kier alpha value is -1.40. The highest BCUT2D eigenvalue weighted by Gasteiger charge is 2.16. The molecular weight excluding hydrogens is 272 g/mol. The van der Waals surface area contributed by atoms with Gasteiger partial charge in [-0.2, -0.15) is 5.10 Å². The molecule has 1 atom stereocenters. The van der Waals surface area contributed by atoms with Crippen LogP contribution in [0, 0.1) is 13.8 Å². The van der Waals surface area contributed by atoms with Crippen molar-refractivity contribution in [3.63, 3.8) is 0 Å². The first-order chi connectivity index (χ1) is 9.70. The third-order valence-electron chi connectivity index (χ3n) is 3.50. The topological polar surface area (TPSA) is 52.0 Å². The van der Waals surface area contributed by atoms with Gasteiger partial charge in [-0.1, -0.05) is 0 Å². The Kier molecular flexibility index (Phi) is 4.03. The van der Waals surface area contributed by atoms with Crippen molar-refractivity contribution >= 4 is 17.0 Å². The molecule has 0 amide bonds. The molecule has 0 aliphatic carbocycles. The summed E-state index contributed by atoms with van der Waals surface area (Å²) in [6, 6.07) is 0. The van der Waals surface area contributed by atoms with Crippen LogP contribution < -0.4 is 5.32 Å². The molecule has 1 unspecified atom stereocenters. The van der Waals surface area contributed by atoms with Crippen LogP contribution in [0.15, 0.2) is 12.4 Å². The van der Waals surface area contributed by atoms with Crippen LogP contribution in [0.1, 0.15) is 28.4 Å². The van der Waals surface area contributed by atoms with E-state index < -0.39 is 0 Å². The normalized spacial score (nSPS) is 18.6. The molecule has 5 nitrogen and oxygen atoms in total. The Morgan fingerprint density at radius 1 is 1.50 bits per heavy atom. The first kappa shape index (κ1) is 13.6. The summed E-state index contributed by atoms with van der Waals surface area (Å²) in [5.74, 6) is 0. The molecule has 0 saturated carbocycles. The van der Waals surface area contributed by atoms with Crippen molar-refractivity contribution in [2.75, 3.05) is 11.9 Å². The lowest BCUT2D eigenvalue weighted by Crippen LogP contribution is -2.15. The van der Waals surface area contributed by atoms with Crippen molar-refractivity contribution in [2.24, 2.45) is 0 Å². The predicted molar refractivity (Wildman–Crippen MR) is 80.1 cm³/mol. The maximum atomic E-state index is 5.63. The van der Waals surface area contributed by atoms with Crippen molar-refractivity contribution in [3.05, 3.63) is 28.0 Å². The summed E-state index contributed by atoms with van der Waals surface area (Å²) >= 11 is 1.75. The summed E-state index contributed by atoms with van der Waals surface area (Å²) in [5, 5.41) is 8.91. The summed E-state index contributed by atoms with van der Waals surface area (Å²) in [4.78, 5) is 5.72. The Labute approximate surface area is 123 Å². The molecule has 1 saturated heterocycles. The molecule has 0 aromatic carbocycles. The lowest BCUT2D eigenvalue weighted by molar-refractivity contribution is 0.0940. The highest BCUT2D eigenvalue weighted by molar-refractivity contribution is 7.11. The number of anilines is 1. The van der Waals surface area contributed by atoms with Crippen molar-refractivity contribution in [2.45, 2.75) is 45.9 Å². The number of aryl methyl sites for hydroxylation is 2. The Morgan fingerprint density at radius 3 is 3.10 bits per heavy atom. The van der Waals surface area contributed by atoms with Crippen molar-refractivity contribution in [3.8, 4) is 0 Å². The van der Waals surface area contributed by atoms with Gasteiger partial charge in [0.1, 0.15) is 0 Å². The third kappa shape index (κ3) is 3.19. The Balaban J connectivity index is 1.55. The van der Waals surface area contributed by atoms with E-state index in [9.17, 15) is 0 Å². The van der Waals surface area contributed by atoms with Crippen LogP contribution in [0.4, 0.5) is 5.69 Å². The van der Waals surface area contributed by atoms with Crippen LogP contribution in [0.25, 0.3) is 0 Å². The van der Waals surface area contributed by atoms with Crippen LogP contribution >= 0.6 is 11.3 Å². The number of nitrogens with zero attached hydrogens (tertiary/aromatic N) is 3. The monoisotopic (exact) mass is 292 g/mol. The molecule has 0 spiro atoms. The van der Waals surface area contributed by atoms with E-state index in [-0.39, 0.29) is 0 Å². The third-order valence-corrected chi connectivity index (χ3v) is 4.57. The highest BCUT2D eigenvalue weighted by atomic mass is 32.1. The van der Waals surface area contributed by atoms with E-state index in [0.717, 1.165) is 42.5 Å². The fraction of sp³-hybridized carbons (Fsp3) is 0.571. The fourth-order valence-corrected chi connectivity index (χ4v) is 3.35. The standard InChI is InChI=1S/C14H20N4OS/c1-10-14(20-11(2)17-10)7-15-12-6-16-18(8-12)9-13-4-3-5-19-13/h6,8,13,15H,3-5,7,9H2,1-2H3. The summed E-state index contributed by atoms with van der Waals surface area (Å²) in [6.45, 7) is 6.65. The number of rotatable bonds is 5. The van der Waals surface area contributed by atoms with Crippen LogP contribution in [0.2, 0.25) is 0 Å². The molecular formula is C14H20N4OS. The molecule has 108 valence electrons. The van der Waals surface area contributed by atoms with E-state index in [0.29, 0.717) is 6.10 Å². The van der Waals surface area contributed by atoms with E-state index in [1.54, 1.807) is 11.3 Å². The van der Waals surface area contributed by atoms with Gasteiger partial charge >= 0.3 is 0 Å². The van der Waals surface area contributed by atoms with E-state index in [2.05, 4.69) is 22.3 Å². The summed E-state index contributed by atoms with van der Waals surface area (Å²) in [6.07, 6.45) is 6.56. The van der Waals surface area contributed by atoms with E-state index in [1.807, 2.05) is 24.0 Å². The maximum Gasteiger partial charge on any atom is 0.0900 e. The largest absolute Gasteiger partial charge is 0.378 e. The van der Waals surface area contributed by atoms with Gasteiger partial charge in [0.2, 0.25) is 0 Å². The number of aromatic nitrogens is 3. The van der Waals surface area contributed by atoms with Gasteiger partial charge in [0.15, 0.2) is 0 Å². The molecule has 3 rings (SSSR count). The molecule has 6 heteroatoms. The average Bonchev–Trinajstić information content (AvgIpc) is 3.11. The van der Waals surface area contributed by atoms with Crippen LogP contribution in [0.3, 0.4) is 0 Å². The molecule has 1 aliphatic heterocycles. The predicted octanol–water partition coefficient (Wildman–Crippen LogP) is 2.75. The van der Waals surface area contributed by atoms with Crippen LogP contribution in [0.5, 0.6) is 0 Å². The Morgan fingerprint density at radius 2 is 2.40 bits per heavy atom. The smallest absolute Gasteiger partial charge is 0.0900 e. The molecule has 20 heavy (non-hydrogen) atoms. The highest BCUT2D eigenvalue weighted by Crippen LogP contribution is 2.19. The lowest BCUT2D eigenvalue weighted by Gasteiger charge is -2.08. The van der Waals surface area contributed by atoms with Crippen molar-refractivity contribution < 1.29 is 4.74 Å². The summed E-state index contributed by atoms with van der Waals surface area (Å²) in [7, 11) is 0. The second-order valence-electron chi connectivity index (χ2n) is 5.18. The minimum atomic E-state index is 0.328. The first-order valence-corrected chi connectivity index (χ1v) is 7.83. The zero-order valence-electron chi connectivity index (χ0n) is 11.9. The minimum absolute atomic E-state index is 0.328. The second kappa shape index (κ2) is 5.93. The van der Waals surface area contributed by atoms with Gasteiger partial charge in [-0.05, 0) is 26.7 Å². The molecule has 1 aliphatic rings. The van der Waals surface area contributed by atoms with Crippen molar-refractivity contribution in [1.82, 2.24) is 14.8 Å². The molecule has 1 N–H and O–H groups in total. The van der Waals surface area contributed by atoms with E-state index >= 15 is 0 Å². The number of hydrogen-bond donors (Lipinski definition) is 1. The van der Waals surface area contributed by atoms with Gasteiger partial charge in [0.05, 0.1) is 41.8 Å². The summed E-state index contributed by atoms with van der Waals surface area (Å²) < 4.78 is 7.59. The molecule has 2 aromatic rings. The molecule has 3 heterocycles. The first-order valence-electron chi connectivity index (χ1n) is 7.01. The zero-order chi connectivity index (χ0) is 13.9. The van der Waals surface area contributed by atoms with Crippen LogP contribution in [-0.2, 0) is 17.8 Å². The number of thiazole rings is 1. The van der Waals surface area contributed by atoms with Gasteiger partial charge in [0, 0.05) is 17.7 Å². The number of nitrogens with one attached hydrogen (secondary N) is 1. The molecule has 2 aromatic heterocycles. The van der Waals surface area contributed by atoms with Gasteiger partial charge < -0.3 is 10.1 Å². The van der Waals surface area contributed by atoms with Gasteiger partial charge in [-0.25, -0.2) is 4.98 Å². The SMILES string of the molecule is Cc1nc(C)c(CNc2cnn(CC3CCCO3)c2)s1. The van der Waals surface area contributed by atoms with E-state index in [1.165, 1.54) is 11.3 Å². The van der Waals surface area contributed by atoms with Gasteiger partial charge in [-0.3, -0.25) is 4.68 Å². The number of ether oxygens (including phenoxy) is 1. The zero-order valence-corrected chi connectivity index (χ0v) is 12.7. The second-order valence-corrected chi connectivity index (χ2v) is 6.47. The molecule has 1 fully saturated rings. The lowest BCUT2D eigenvalue weighted by atomic mass is 10.2. The Bertz CT molecular complexity index is 571. The van der Waals surface area contributed by atoms with E-state index in [4.69, 9.17) is 4.74 Å². The van der Waals surface area contributed by atoms with Gasteiger partial charge in [-0.15, -0.1) is 11.3 Å². The minimum Gasteiger partial charge on any atom is -0.378 e. The van der Waals surface area contributed by atoms with Gasteiger partial charge in [0.25, 0.3) is 0 Å². The number of hydrogen-bond acceptors (Lipinski definition) is 5. The van der Waals surface area contributed by atoms with Crippen molar-refractivity contribution in [1.29, 1.82) is 0 Å². The molecule has 0 radical (unpaired) electrons.